The molecule has 0 radical (unpaired) electrons. The Morgan fingerprint density at radius 1 is 1.23 bits per heavy atom. The molecule has 1 aromatic carbocycles. The van der Waals surface area contributed by atoms with Crippen LogP contribution in [0.1, 0.15) is 64.1 Å². The molecule has 30 heavy (non-hydrogen) atoms. The van der Waals surface area contributed by atoms with E-state index in [4.69, 9.17) is 4.74 Å². The van der Waals surface area contributed by atoms with E-state index in [0.29, 0.717) is 18.6 Å². The highest BCUT2D eigenvalue weighted by Gasteiger charge is 2.62. The van der Waals surface area contributed by atoms with E-state index in [-0.39, 0.29) is 28.6 Å². The molecule has 4 nitrogen and oxygen atoms in total. The number of halogens is 2. The first-order valence-electron chi connectivity index (χ1n) is 10.5. The molecule has 0 spiro atoms. The van der Waals surface area contributed by atoms with Crippen LogP contribution in [0.4, 0.5) is 8.78 Å². The van der Waals surface area contributed by atoms with Gasteiger partial charge in [-0.1, -0.05) is 32.9 Å². The summed E-state index contributed by atoms with van der Waals surface area (Å²) >= 11 is 0. The number of carbonyl (C=O) groups excluding carboxylic acids is 1. The Morgan fingerprint density at radius 2 is 1.93 bits per heavy atom. The van der Waals surface area contributed by atoms with Crippen molar-refractivity contribution in [1.29, 1.82) is 0 Å². The summed E-state index contributed by atoms with van der Waals surface area (Å²) in [6.45, 7) is 8.39. The topological polar surface area (TPSA) is 52.1 Å². The van der Waals surface area contributed by atoms with Gasteiger partial charge in [0.15, 0.2) is 0 Å². The highest BCUT2D eigenvalue weighted by atomic mass is 19.1. The van der Waals surface area contributed by atoms with E-state index < -0.39 is 17.0 Å². The molecular weight excluding hydrogens is 386 g/mol. The van der Waals surface area contributed by atoms with E-state index in [2.05, 4.69) is 24.0 Å². The predicted octanol–water partition coefficient (Wildman–Crippen LogP) is 5.48. The van der Waals surface area contributed by atoms with Crippen LogP contribution in [0, 0.1) is 17.0 Å². The summed E-state index contributed by atoms with van der Waals surface area (Å²) in [6, 6.07) is 5.56. The Morgan fingerprint density at radius 3 is 2.57 bits per heavy atom. The second-order valence-electron chi connectivity index (χ2n) is 8.66. The number of ether oxygens (including phenoxy) is 1. The Hall–Kier alpha value is -2.63. The van der Waals surface area contributed by atoms with Crippen LogP contribution in [-0.4, -0.2) is 22.8 Å². The monoisotopic (exact) mass is 412 g/mol. The normalized spacial score (nSPS) is 24.1. The van der Waals surface area contributed by atoms with Crippen molar-refractivity contribution in [2.75, 3.05) is 6.61 Å². The van der Waals surface area contributed by atoms with Gasteiger partial charge in [-0.25, -0.2) is 13.6 Å². The van der Waals surface area contributed by atoms with Crippen molar-refractivity contribution in [3.05, 3.63) is 58.8 Å². The van der Waals surface area contributed by atoms with Crippen LogP contribution in [0.3, 0.4) is 0 Å². The van der Waals surface area contributed by atoms with Crippen molar-refractivity contribution in [2.24, 2.45) is 5.41 Å². The highest BCUT2D eigenvalue weighted by molar-refractivity contribution is 5.89. The number of nitrogens with zero attached hydrogens (tertiary/aromatic N) is 2. The van der Waals surface area contributed by atoms with Crippen LogP contribution >= 0.6 is 0 Å². The molecule has 0 amide bonds. The lowest BCUT2D eigenvalue weighted by Crippen LogP contribution is -2.34. The van der Waals surface area contributed by atoms with E-state index in [0.717, 1.165) is 24.1 Å². The first kappa shape index (κ1) is 20.6. The molecular formula is C24H26F2N2O2. The maximum atomic E-state index is 14.3. The summed E-state index contributed by atoms with van der Waals surface area (Å²) in [7, 11) is 0. The molecule has 1 saturated carbocycles. The molecule has 4 rings (SSSR count). The Kier molecular flexibility index (Phi) is 4.99. The maximum Gasteiger partial charge on any atom is 0.333 e. The third kappa shape index (κ3) is 2.80. The quantitative estimate of drug-likeness (QED) is 0.482. The predicted molar refractivity (Wildman–Crippen MR) is 110 cm³/mol. The molecule has 1 aromatic heterocycles. The minimum absolute atomic E-state index is 0.154. The molecule has 6 heteroatoms. The lowest BCUT2D eigenvalue weighted by molar-refractivity contribution is -0.138. The zero-order chi connectivity index (χ0) is 21.7. The minimum atomic E-state index is -0.656. The highest BCUT2D eigenvalue weighted by Crippen LogP contribution is 2.68. The number of benzene rings is 1. The van der Waals surface area contributed by atoms with Crippen molar-refractivity contribution >= 4 is 5.97 Å². The van der Waals surface area contributed by atoms with Gasteiger partial charge in [-0.05, 0) is 61.3 Å². The van der Waals surface area contributed by atoms with Gasteiger partial charge in [0.25, 0.3) is 0 Å². The molecule has 158 valence electrons. The summed E-state index contributed by atoms with van der Waals surface area (Å²) in [4.78, 5) is 12.5. The van der Waals surface area contributed by atoms with Crippen molar-refractivity contribution < 1.29 is 18.3 Å². The van der Waals surface area contributed by atoms with Gasteiger partial charge in [0.2, 0.25) is 0 Å². The molecule has 0 aliphatic heterocycles. The molecule has 0 saturated heterocycles. The Bertz CT molecular complexity index is 1030. The number of esters is 1. The molecule has 2 atom stereocenters. The van der Waals surface area contributed by atoms with Gasteiger partial charge < -0.3 is 4.74 Å². The van der Waals surface area contributed by atoms with Gasteiger partial charge in [0.05, 0.1) is 23.6 Å². The molecule has 0 unspecified atom stereocenters. The summed E-state index contributed by atoms with van der Waals surface area (Å²) in [6.07, 6.45) is 4.35. The first-order chi connectivity index (χ1) is 14.3. The number of rotatable bonds is 5. The van der Waals surface area contributed by atoms with E-state index in [1.807, 2.05) is 13.0 Å². The molecule has 0 N–H and O–H groups in total. The molecule has 2 aliphatic carbocycles. The van der Waals surface area contributed by atoms with Gasteiger partial charge >= 0.3 is 5.97 Å². The van der Waals surface area contributed by atoms with Crippen LogP contribution in [0.5, 0.6) is 0 Å². The number of carbonyl (C=O) groups is 1. The lowest BCUT2D eigenvalue weighted by Gasteiger charge is -2.35. The van der Waals surface area contributed by atoms with Crippen molar-refractivity contribution in [3.63, 3.8) is 0 Å². The van der Waals surface area contributed by atoms with Crippen LogP contribution < -0.4 is 0 Å². The number of aromatic nitrogens is 2. The average Bonchev–Trinajstić information content (AvgIpc) is 3.06. The standard InChI is InChI=1S/C24H26F2N2O2/c1-5-14(22(29)30-6-2)13-24-11-10-16(23(24,3)4)15-12-19(27-28-21(15)24)20-17(25)8-7-9-18(20)26/h7-9,12-13,16H,5-6,10-11H2,1-4H3/b14-13-/t16-,24-/m0/s1. The largest absolute Gasteiger partial charge is 0.463 e. The number of hydrogen-bond acceptors (Lipinski definition) is 4. The fourth-order valence-electron chi connectivity index (χ4n) is 5.37. The van der Waals surface area contributed by atoms with Gasteiger partial charge in [-0.2, -0.15) is 5.10 Å². The van der Waals surface area contributed by atoms with Crippen LogP contribution in [0.25, 0.3) is 11.3 Å². The third-order valence-corrected chi connectivity index (χ3v) is 7.03. The van der Waals surface area contributed by atoms with Gasteiger partial charge in [0.1, 0.15) is 11.6 Å². The van der Waals surface area contributed by atoms with E-state index in [1.165, 1.54) is 18.2 Å². The van der Waals surface area contributed by atoms with Crippen molar-refractivity contribution in [2.45, 2.75) is 58.3 Å². The summed E-state index contributed by atoms with van der Waals surface area (Å²) in [5.74, 6) is -1.44. The average molecular weight is 412 g/mol. The molecule has 2 bridgehead atoms. The fraction of sp³-hybridized carbons (Fsp3) is 0.458. The van der Waals surface area contributed by atoms with Crippen molar-refractivity contribution in [1.82, 2.24) is 10.2 Å². The first-order valence-corrected chi connectivity index (χ1v) is 10.5. The van der Waals surface area contributed by atoms with Crippen LogP contribution in [-0.2, 0) is 14.9 Å². The molecule has 2 aliphatic rings. The third-order valence-electron chi connectivity index (χ3n) is 7.03. The molecule has 1 heterocycles. The van der Waals surface area contributed by atoms with E-state index in [9.17, 15) is 13.6 Å². The van der Waals surface area contributed by atoms with Crippen LogP contribution in [0.15, 0.2) is 35.9 Å². The zero-order valence-corrected chi connectivity index (χ0v) is 17.8. The maximum absolute atomic E-state index is 14.3. The number of fused-ring (bicyclic) bond motifs is 5. The van der Waals surface area contributed by atoms with Gasteiger partial charge in [0, 0.05) is 11.0 Å². The van der Waals surface area contributed by atoms with Gasteiger partial charge in [-0.15, -0.1) is 5.10 Å². The van der Waals surface area contributed by atoms with Gasteiger partial charge in [-0.3, -0.25) is 0 Å². The Labute approximate surface area is 175 Å². The molecule has 1 fully saturated rings. The Balaban J connectivity index is 1.86. The summed E-state index contributed by atoms with van der Waals surface area (Å²) in [5, 5.41) is 8.69. The fourth-order valence-corrected chi connectivity index (χ4v) is 5.37. The zero-order valence-electron chi connectivity index (χ0n) is 17.8. The van der Waals surface area contributed by atoms with Crippen LogP contribution in [0.2, 0.25) is 0 Å². The minimum Gasteiger partial charge on any atom is -0.463 e. The second kappa shape index (κ2) is 7.25. The number of allylic oxidation sites excluding steroid dienone is 1. The van der Waals surface area contributed by atoms with E-state index in [1.54, 1.807) is 13.0 Å². The lowest BCUT2D eigenvalue weighted by atomic mass is 9.67. The van der Waals surface area contributed by atoms with E-state index >= 15 is 0 Å². The SMILES string of the molecule is CCOC(=O)/C(=C\[C@@]12CC[C@@H](c3cc(-c4c(F)cccc4F)nnc31)C2(C)C)CC. The second-order valence-corrected chi connectivity index (χ2v) is 8.66. The smallest absolute Gasteiger partial charge is 0.333 e. The summed E-state index contributed by atoms with van der Waals surface area (Å²) in [5.41, 5.74) is 1.79. The summed E-state index contributed by atoms with van der Waals surface area (Å²) < 4.78 is 33.9. The van der Waals surface area contributed by atoms with Crippen molar-refractivity contribution in [3.8, 4) is 11.3 Å². The number of hydrogen-bond donors (Lipinski definition) is 0. The molecule has 2 aromatic rings.